The number of carbonyl (C=O) groups is 5. The minimum absolute atomic E-state index is 0.165. The Bertz CT molecular complexity index is 586. The van der Waals surface area contributed by atoms with Crippen molar-refractivity contribution in [3.63, 3.8) is 0 Å². The predicted molar refractivity (Wildman–Crippen MR) is 99.3 cm³/mol. The monoisotopic (exact) mass is 419 g/mol. The topological polar surface area (TPSA) is 234 Å². The zero-order valence-corrected chi connectivity index (χ0v) is 15.9. The quantitative estimate of drug-likeness (QED) is 0.122. The van der Waals surface area contributed by atoms with Crippen LogP contribution in [0.1, 0.15) is 32.1 Å². The highest BCUT2D eigenvalue weighted by Crippen LogP contribution is 2.02. The van der Waals surface area contributed by atoms with Crippen molar-refractivity contribution in [3.05, 3.63) is 0 Å². The molecule has 0 aromatic heterocycles. The summed E-state index contributed by atoms with van der Waals surface area (Å²) >= 11 is 0. The Morgan fingerprint density at radius 2 is 1.45 bits per heavy atom. The van der Waals surface area contributed by atoms with Gasteiger partial charge in [-0.1, -0.05) is 0 Å². The highest BCUT2D eigenvalue weighted by molar-refractivity contribution is 5.93. The average molecular weight is 419 g/mol. The summed E-state index contributed by atoms with van der Waals surface area (Å²) in [5, 5.41) is 33.3. The van der Waals surface area contributed by atoms with E-state index in [1.807, 2.05) is 0 Å². The van der Waals surface area contributed by atoms with Gasteiger partial charge in [-0.05, 0) is 32.2 Å². The second-order valence-electron chi connectivity index (χ2n) is 6.24. The third-order valence-electron chi connectivity index (χ3n) is 3.82. The number of aliphatic hydroxyl groups excluding tert-OH is 1. The average Bonchev–Trinajstić information content (AvgIpc) is 2.67. The van der Waals surface area contributed by atoms with Gasteiger partial charge < -0.3 is 42.7 Å². The van der Waals surface area contributed by atoms with Crippen LogP contribution in [0.5, 0.6) is 0 Å². The van der Waals surface area contributed by atoms with Crippen LogP contribution in [0.2, 0.25) is 0 Å². The van der Waals surface area contributed by atoms with Crippen LogP contribution in [-0.4, -0.2) is 82.8 Å². The van der Waals surface area contributed by atoms with Crippen molar-refractivity contribution < 1.29 is 39.3 Å². The van der Waals surface area contributed by atoms with E-state index < -0.39 is 60.9 Å². The molecule has 29 heavy (non-hydrogen) atoms. The molecule has 13 heteroatoms. The predicted octanol–water partition coefficient (Wildman–Crippen LogP) is -3.53. The molecule has 0 aromatic carbocycles. The van der Waals surface area contributed by atoms with E-state index in [1.165, 1.54) is 0 Å². The van der Waals surface area contributed by atoms with Crippen LogP contribution in [0.25, 0.3) is 0 Å². The molecule has 0 heterocycles. The second kappa shape index (κ2) is 14.3. The molecule has 13 nitrogen and oxygen atoms in total. The molecule has 0 aliphatic heterocycles. The van der Waals surface area contributed by atoms with Crippen LogP contribution in [0, 0.1) is 0 Å². The summed E-state index contributed by atoms with van der Waals surface area (Å²) in [5.41, 5.74) is 10.9. The molecule has 10 N–H and O–H groups in total. The largest absolute Gasteiger partial charge is 0.481 e. The minimum Gasteiger partial charge on any atom is -0.481 e. The van der Waals surface area contributed by atoms with Gasteiger partial charge in [0.2, 0.25) is 17.7 Å². The smallest absolute Gasteiger partial charge is 0.322 e. The number of rotatable bonds is 15. The number of unbranched alkanes of at least 4 members (excludes halogenated alkanes) is 1. The lowest BCUT2D eigenvalue weighted by Gasteiger charge is -2.23. The Morgan fingerprint density at radius 3 is 1.97 bits per heavy atom. The second-order valence-corrected chi connectivity index (χ2v) is 6.24. The van der Waals surface area contributed by atoms with Crippen molar-refractivity contribution in [1.29, 1.82) is 0 Å². The van der Waals surface area contributed by atoms with E-state index in [0.717, 1.165) is 0 Å². The molecule has 0 aliphatic carbocycles. The van der Waals surface area contributed by atoms with Gasteiger partial charge in [0.25, 0.3) is 0 Å². The van der Waals surface area contributed by atoms with Crippen LogP contribution in [0.15, 0.2) is 0 Å². The number of aliphatic hydroxyl groups is 1. The molecule has 0 radical (unpaired) electrons. The molecule has 0 bridgehead atoms. The van der Waals surface area contributed by atoms with Gasteiger partial charge in [0, 0.05) is 6.42 Å². The molecule has 0 aliphatic rings. The molecule has 3 atom stereocenters. The summed E-state index contributed by atoms with van der Waals surface area (Å²) in [6.07, 6.45) is 0.686. The number of aliphatic carboxylic acids is 2. The Morgan fingerprint density at radius 1 is 0.828 bits per heavy atom. The lowest BCUT2D eigenvalue weighted by Crippen LogP contribution is -2.57. The molecular formula is C16H29N5O8. The van der Waals surface area contributed by atoms with Crippen molar-refractivity contribution in [2.24, 2.45) is 11.5 Å². The summed E-state index contributed by atoms with van der Waals surface area (Å²) in [7, 11) is 0. The molecule has 0 spiro atoms. The number of nitrogens with two attached hydrogens (primary N) is 2. The van der Waals surface area contributed by atoms with Crippen LogP contribution >= 0.6 is 0 Å². The number of nitrogens with one attached hydrogen (secondary N) is 3. The highest BCUT2D eigenvalue weighted by atomic mass is 16.4. The van der Waals surface area contributed by atoms with Gasteiger partial charge in [-0.3, -0.25) is 24.0 Å². The number of amides is 3. The molecule has 3 unspecified atom stereocenters. The molecule has 3 amide bonds. The summed E-state index contributed by atoms with van der Waals surface area (Å²) in [6, 6.07) is -3.73. The first-order valence-electron chi connectivity index (χ1n) is 9.00. The van der Waals surface area contributed by atoms with Crippen LogP contribution in [-0.2, 0) is 24.0 Å². The van der Waals surface area contributed by atoms with E-state index in [2.05, 4.69) is 16.0 Å². The maximum Gasteiger partial charge on any atom is 0.322 e. The Balaban J connectivity index is 4.92. The van der Waals surface area contributed by atoms with E-state index in [0.29, 0.717) is 19.4 Å². The van der Waals surface area contributed by atoms with Crippen molar-refractivity contribution in [3.8, 4) is 0 Å². The summed E-state index contributed by atoms with van der Waals surface area (Å²) in [5.74, 6) is -4.86. The number of hydrogen-bond acceptors (Lipinski definition) is 8. The third-order valence-corrected chi connectivity index (χ3v) is 3.82. The van der Waals surface area contributed by atoms with Gasteiger partial charge >= 0.3 is 11.9 Å². The number of carbonyl (C=O) groups excluding carboxylic acids is 3. The normalized spacial score (nSPS) is 13.6. The zero-order valence-electron chi connectivity index (χ0n) is 15.9. The fourth-order valence-corrected chi connectivity index (χ4v) is 2.20. The fraction of sp³-hybridized carbons (Fsp3) is 0.688. The van der Waals surface area contributed by atoms with Crippen LogP contribution < -0.4 is 27.4 Å². The van der Waals surface area contributed by atoms with Crippen LogP contribution in [0.4, 0.5) is 0 Å². The molecule has 0 saturated carbocycles. The standard InChI is InChI=1S/C16H29N5O8/c17-6-2-1-3-10(15(28)19-7-13(25)26)20-16(29)11(8-22)21-14(27)9(18)4-5-12(23)24/h9-11,22H,1-8,17-18H2,(H,19,28)(H,20,29)(H,21,27)(H,23,24)(H,25,26). The molecule has 0 rings (SSSR count). The van der Waals surface area contributed by atoms with E-state index in [9.17, 15) is 29.1 Å². The zero-order chi connectivity index (χ0) is 22.4. The first kappa shape index (κ1) is 26.2. The summed E-state index contributed by atoms with van der Waals surface area (Å²) < 4.78 is 0. The number of carboxylic acids is 2. The van der Waals surface area contributed by atoms with Crippen LogP contribution in [0.3, 0.4) is 0 Å². The van der Waals surface area contributed by atoms with Crippen molar-refractivity contribution >= 4 is 29.7 Å². The van der Waals surface area contributed by atoms with E-state index in [-0.39, 0.29) is 19.3 Å². The first-order valence-corrected chi connectivity index (χ1v) is 9.00. The van der Waals surface area contributed by atoms with Gasteiger partial charge in [0.1, 0.15) is 18.6 Å². The molecule has 166 valence electrons. The van der Waals surface area contributed by atoms with Gasteiger partial charge in [0.15, 0.2) is 0 Å². The Hall–Kier alpha value is -2.77. The van der Waals surface area contributed by atoms with E-state index in [4.69, 9.17) is 21.7 Å². The summed E-state index contributed by atoms with van der Waals surface area (Å²) in [6.45, 7) is -1.07. The molecule has 0 saturated heterocycles. The minimum atomic E-state index is -1.43. The lowest BCUT2D eigenvalue weighted by atomic mass is 10.1. The molecule has 0 aromatic rings. The van der Waals surface area contributed by atoms with E-state index in [1.54, 1.807) is 0 Å². The van der Waals surface area contributed by atoms with Gasteiger partial charge in [-0.15, -0.1) is 0 Å². The molecular weight excluding hydrogens is 390 g/mol. The molecule has 0 fully saturated rings. The Kier molecular flexibility index (Phi) is 12.9. The van der Waals surface area contributed by atoms with Crippen molar-refractivity contribution in [2.75, 3.05) is 19.7 Å². The van der Waals surface area contributed by atoms with Gasteiger partial charge in [-0.2, -0.15) is 0 Å². The van der Waals surface area contributed by atoms with Crippen molar-refractivity contribution in [1.82, 2.24) is 16.0 Å². The summed E-state index contributed by atoms with van der Waals surface area (Å²) in [4.78, 5) is 57.5. The maximum absolute atomic E-state index is 12.3. The number of hydrogen-bond donors (Lipinski definition) is 8. The van der Waals surface area contributed by atoms with Gasteiger partial charge in [0.05, 0.1) is 12.6 Å². The maximum atomic E-state index is 12.3. The van der Waals surface area contributed by atoms with Crippen molar-refractivity contribution in [2.45, 2.75) is 50.2 Å². The van der Waals surface area contributed by atoms with E-state index >= 15 is 0 Å². The Labute approximate surface area is 167 Å². The SMILES string of the molecule is NCCCCC(NC(=O)C(CO)NC(=O)C(N)CCC(=O)O)C(=O)NCC(=O)O. The number of carboxylic acid groups (broad SMARTS) is 2. The fourth-order valence-electron chi connectivity index (χ4n) is 2.20. The highest BCUT2D eigenvalue weighted by Gasteiger charge is 2.27. The lowest BCUT2D eigenvalue weighted by molar-refractivity contribution is -0.139. The first-order chi connectivity index (χ1) is 13.6. The van der Waals surface area contributed by atoms with Gasteiger partial charge in [-0.25, -0.2) is 0 Å². The third kappa shape index (κ3) is 11.6.